The summed E-state index contributed by atoms with van der Waals surface area (Å²) in [6.45, 7) is 1.47. The summed E-state index contributed by atoms with van der Waals surface area (Å²) >= 11 is 0. The molecule has 1 N–H and O–H groups in total. The third-order valence-electron chi connectivity index (χ3n) is 4.32. The lowest BCUT2D eigenvalue weighted by Gasteiger charge is -2.36. The molecule has 2 unspecified atom stereocenters. The second-order valence-electron chi connectivity index (χ2n) is 6.34. The van der Waals surface area contributed by atoms with E-state index in [-0.39, 0.29) is 12.7 Å². The molecule has 6 heteroatoms. The minimum Gasteiger partial charge on any atom is -0.374 e. The number of aliphatic hydroxyl groups excluding tert-OH is 1. The van der Waals surface area contributed by atoms with Crippen molar-refractivity contribution in [1.29, 1.82) is 0 Å². The van der Waals surface area contributed by atoms with Gasteiger partial charge in [0.2, 0.25) is 12.6 Å². The highest BCUT2D eigenvalue weighted by atomic mass is 16.8. The number of methoxy groups -OCH3 is 1. The van der Waals surface area contributed by atoms with E-state index in [1.807, 2.05) is 60.7 Å². The molecular weight excluding hydrogens is 348 g/mol. The highest BCUT2D eigenvalue weighted by Gasteiger charge is 2.35. The fourth-order valence-corrected chi connectivity index (χ4v) is 2.84. The summed E-state index contributed by atoms with van der Waals surface area (Å²) in [6, 6.07) is 19.8. The quantitative estimate of drug-likeness (QED) is 0.728. The molecular formula is C21H26O6. The van der Waals surface area contributed by atoms with Crippen LogP contribution in [0, 0.1) is 0 Å². The first-order valence-corrected chi connectivity index (χ1v) is 9.01. The molecule has 0 amide bonds. The monoisotopic (exact) mass is 374 g/mol. The van der Waals surface area contributed by atoms with E-state index in [4.69, 9.17) is 23.7 Å². The van der Waals surface area contributed by atoms with Crippen LogP contribution in [0.2, 0.25) is 0 Å². The maximum absolute atomic E-state index is 10.0. The van der Waals surface area contributed by atoms with Crippen molar-refractivity contribution in [2.75, 3.05) is 20.3 Å². The van der Waals surface area contributed by atoms with Gasteiger partial charge in [0.1, 0.15) is 12.2 Å². The van der Waals surface area contributed by atoms with Crippen LogP contribution >= 0.6 is 0 Å². The predicted molar refractivity (Wildman–Crippen MR) is 98.7 cm³/mol. The second-order valence-corrected chi connectivity index (χ2v) is 6.34. The molecule has 0 bridgehead atoms. The average molecular weight is 374 g/mol. The Balaban J connectivity index is 1.57. The summed E-state index contributed by atoms with van der Waals surface area (Å²) in [7, 11) is 1.46. The Kier molecular flexibility index (Phi) is 7.77. The van der Waals surface area contributed by atoms with Crippen LogP contribution < -0.4 is 0 Å². The summed E-state index contributed by atoms with van der Waals surface area (Å²) in [5, 5.41) is 10.0. The third kappa shape index (κ3) is 6.10. The van der Waals surface area contributed by atoms with Crippen molar-refractivity contribution in [3.8, 4) is 0 Å². The molecule has 0 aliphatic carbocycles. The average Bonchev–Trinajstić information content (AvgIpc) is 2.72. The molecule has 0 aromatic heterocycles. The van der Waals surface area contributed by atoms with E-state index in [0.29, 0.717) is 19.8 Å². The van der Waals surface area contributed by atoms with Crippen LogP contribution in [0.25, 0.3) is 0 Å². The summed E-state index contributed by atoms with van der Waals surface area (Å²) in [5.41, 5.74) is 2.14. The van der Waals surface area contributed by atoms with E-state index < -0.39 is 18.7 Å². The van der Waals surface area contributed by atoms with E-state index in [1.165, 1.54) is 7.11 Å². The molecule has 4 atom stereocenters. The maximum atomic E-state index is 10.0. The largest absolute Gasteiger partial charge is 0.374 e. The summed E-state index contributed by atoms with van der Waals surface area (Å²) < 4.78 is 28.1. The Labute approximate surface area is 159 Å². The van der Waals surface area contributed by atoms with Gasteiger partial charge in [-0.25, -0.2) is 0 Å². The van der Waals surface area contributed by atoms with Gasteiger partial charge in [-0.3, -0.25) is 0 Å². The van der Waals surface area contributed by atoms with Gasteiger partial charge in [-0.1, -0.05) is 60.7 Å². The van der Waals surface area contributed by atoms with Crippen LogP contribution in [0.5, 0.6) is 0 Å². The number of benzene rings is 2. The van der Waals surface area contributed by atoms with Crippen LogP contribution in [-0.4, -0.2) is 50.2 Å². The molecule has 146 valence electrons. The van der Waals surface area contributed by atoms with Crippen molar-refractivity contribution in [2.45, 2.75) is 38.0 Å². The maximum Gasteiger partial charge on any atom is 0.209 e. The zero-order valence-corrected chi connectivity index (χ0v) is 15.4. The highest BCUT2D eigenvalue weighted by molar-refractivity contribution is 5.14. The highest BCUT2D eigenvalue weighted by Crippen LogP contribution is 2.19. The number of rotatable bonds is 9. The van der Waals surface area contributed by atoms with Gasteiger partial charge in [-0.05, 0) is 11.1 Å². The van der Waals surface area contributed by atoms with Gasteiger partial charge in [0.05, 0.1) is 26.4 Å². The standard InChI is InChI=1S/C21H26O6/c1-23-21-20(22)27-19(15-26-21)18(25-13-17-10-6-3-7-11-17)14-24-12-16-8-4-2-5-9-16/h2-11,18-22H,12-15H2,1H3/t18-,19?,20?,21-/m1/s1. The van der Waals surface area contributed by atoms with Crippen LogP contribution in [0.4, 0.5) is 0 Å². The van der Waals surface area contributed by atoms with E-state index in [0.717, 1.165) is 11.1 Å². The SMILES string of the molecule is CO[C@@H]1OCC([C@@H](COCc2ccccc2)OCc2ccccc2)OC1O. The molecule has 1 saturated heterocycles. The second kappa shape index (κ2) is 10.5. The zero-order valence-electron chi connectivity index (χ0n) is 15.4. The zero-order chi connectivity index (χ0) is 18.9. The summed E-state index contributed by atoms with van der Waals surface area (Å²) in [4.78, 5) is 0. The Hall–Kier alpha value is -1.80. The predicted octanol–water partition coefficient (Wildman–Crippen LogP) is 2.49. The number of hydrogen-bond acceptors (Lipinski definition) is 6. The molecule has 2 aromatic rings. The molecule has 0 radical (unpaired) electrons. The van der Waals surface area contributed by atoms with Gasteiger partial charge < -0.3 is 28.8 Å². The van der Waals surface area contributed by atoms with Gasteiger partial charge in [0.25, 0.3) is 0 Å². The molecule has 1 fully saturated rings. The first kappa shape index (κ1) is 19.9. The van der Waals surface area contributed by atoms with E-state index >= 15 is 0 Å². The van der Waals surface area contributed by atoms with Crippen molar-refractivity contribution in [3.63, 3.8) is 0 Å². The summed E-state index contributed by atoms with van der Waals surface area (Å²) in [5.74, 6) is 0. The minimum atomic E-state index is -1.16. The van der Waals surface area contributed by atoms with Gasteiger partial charge >= 0.3 is 0 Å². The Morgan fingerprint density at radius 3 is 2.22 bits per heavy atom. The fraction of sp³-hybridized carbons (Fsp3) is 0.429. The Bertz CT molecular complexity index is 650. The smallest absolute Gasteiger partial charge is 0.209 e. The Morgan fingerprint density at radius 1 is 1.00 bits per heavy atom. The topological polar surface area (TPSA) is 66.4 Å². The van der Waals surface area contributed by atoms with Gasteiger partial charge in [0, 0.05) is 7.11 Å². The van der Waals surface area contributed by atoms with E-state index in [1.54, 1.807) is 0 Å². The number of ether oxygens (including phenoxy) is 5. The first-order valence-electron chi connectivity index (χ1n) is 9.01. The van der Waals surface area contributed by atoms with Crippen molar-refractivity contribution in [2.24, 2.45) is 0 Å². The van der Waals surface area contributed by atoms with Crippen LogP contribution in [0.1, 0.15) is 11.1 Å². The molecule has 0 saturated carbocycles. The normalized spacial score (nSPS) is 23.9. The van der Waals surface area contributed by atoms with E-state index in [2.05, 4.69) is 0 Å². The fourth-order valence-electron chi connectivity index (χ4n) is 2.84. The molecule has 3 rings (SSSR count). The van der Waals surface area contributed by atoms with Gasteiger partial charge in [-0.2, -0.15) is 0 Å². The molecule has 1 aliphatic rings. The number of hydrogen-bond donors (Lipinski definition) is 1. The summed E-state index contributed by atoms with van der Waals surface area (Å²) in [6.07, 6.45) is -2.79. The molecule has 0 spiro atoms. The first-order chi connectivity index (χ1) is 13.3. The minimum absolute atomic E-state index is 0.254. The lowest BCUT2D eigenvalue weighted by molar-refractivity contribution is -0.336. The lowest BCUT2D eigenvalue weighted by atomic mass is 10.2. The van der Waals surface area contributed by atoms with Crippen LogP contribution in [0.3, 0.4) is 0 Å². The third-order valence-corrected chi connectivity index (χ3v) is 4.32. The van der Waals surface area contributed by atoms with Gasteiger partial charge in [-0.15, -0.1) is 0 Å². The van der Waals surface area contributed by atoms with Crippen molar-refractivity contribution in [3.05, 3.63) is 71.8 Å². The van der Waals surface area contributed by atoms with Gasteiger partial charge in [0.15, 0.2) is 0 Å². The molecule has 1 heterocycles. The molecule has 6 nitrogen and oxygen atoms in total. The van der Waals surface area contributed by atoms with Crippen molar-refractivity contribution < 1.29 is 28.8 Å². The Morgan fingerprint density at radius 2 is 1.63 bits per heavy atom. The van der Waals surface area contributed by atoms with Crippen molar-refractivity contribution >= 4 is 0 Å². The molecule has 27 heavy (non-hydrogen) atoms. The van der Waals surface area contributed by atoms with Crippen LogP contribution in [0.15, 0.2) is 60.7 Å². The number of aliphatic hydroxyl groups is 1. The van der Waals surface area contributed by atoms with E-state index in [9.17, 15) is 5.11 Å². The van der Waals surface area contributed by atoms with Crippen molar-refractivity contribution in [1.82, 2.24) is 0 Å². The van der Waals surface area contributed by atoms with Crippen LogP contribution in [-0.2, 0) is 36.9 Å². The molecule has 1 aliphatic heterocycles. The lowest BCUT2D eigenvalue weighted by Crippen LogP contribution is -2.50. The molecule has 2 aromatic carbocycles.